The van der Waals surface area contributed by atoms with Gasteiger partial charge < -0.3 is 5.73 Å². The van der Waals surface area contributed by atoms with Crippen LogP contribution in [0, 0.1) is 20.8 Å². The molecule has 0 unspecified atom stereocenters. The number of nitrogens with two attached hydrogens (primary N) is 1. The molecule has 3 heteroatoms. The molecule has 16 heavy (non-hydrogen) atoms. The summed E-state index contributed by atoms with van der Waals surface area (Å²) in [6, 6.07) is 6.39. The van der Waals surface area contributed by atoms with Crippen LogP contribution in [0.4, 0.5) is 0 Å². The molecule has 1 aromatic carbocycles. The van der Waals surface area contributed by atoms with Gasteiger partial charge in [0, 0.05) is 23.4 Å². The second-order valence-electron chi connectivity index (χ2n) is 4.20. The Morgan fingerprint density at radius 3 is 2.69 bits per heavy atom. The third-order valence-electron chi connectivity index (χ3n) is 2.93. The van der Waals surface area contributed by atoms with Crippen molar-refractivity contribution in [3.63, 3.8) is 0 Å². The highest BCUT2D eigenvalue weighted by Crippen LogP contribution is 2.27. The number of hydrogen-bond donors (Lipinski definition) is 2. The molecule has 3 N–H and O–H groups in total. The summed E-state index contributed by atoms with van der Waals surface area (Å²) in [4.78, 5) is 0. The highest BCUT2D eigenvalue weighted by molar-refractivity contribution is 5.68. The van der Waals surface area contributed by atoms with Gasteiger partial charge >= 0.3 is 0 Å². The van der Waals surface area contributed by atoms with E-state index >= 15 is 0 Å². The van der Waals surface area contributed by atoms with Gasteiger partial charge in [-0.25, -0.2) is 0 Å². The third kappa shape index (κ3) is 1.74. The van der Waals surface area contributed by atoms with Gasteiger partial charge in [-0.3, -0.25) is 5.10 Å². The molecule has 0 aliphatic heterocycles. The fraction of sp³-hybridized carbons (Fsp3) is 0.308. The average molecular weight is 215 g/mol. The van der Waals surface area contributed by atoms with E-state index in [4.69, 9.17) is 5.73 Å². The lowest BCUT2D eigenvalue weighted by molar-refractivity contribution is 1.02. The number of hydrogen-bond acceptors (Lipinski definition) is 2. The first-order valence-electron chi connectivity index (χ1n) is 5.45. The van der Waals surface area contributed by atoms with E-state index in [1.807, 2.05) is 6.92 Å². The molecule has 0 amide bonds. The summed E-state index contributed by atoms with van der Waals surface area (Å²) in [5.41, 5.74) is 12.5. The van der Waals surface area contributed by atoms with E-state index in [0.29, 0.717) is 6.54 Å². The van der Waals surface area contributed by atoms with Crippen molar-refractivity contribution in [3.05, 3.63) is 40.6 Å². The van der Waals surface area contributed by atoms with Gasteiger partial charge in [-0.15, -0.1) is 0 Å². The van der Waals surface area contributed by atoms with Crippen LogP contribution in [0.5, 0.6) is 0 Å². The maximum Gasteiger partial charge on any atom is 0.0971 e. The van der Waals surface area contributed by atoms with Gasteiger partial charge in [0.25, 0.3) is 0 Å². The molecule has 1 aromatic heterocycles. The smallest absolute Gasteiger partial charge is 0.0971 e. The summed E-state index contributed by atoms with van der Waals surface area (Å²) in [6.45, 7) is 6.71. The van der Waals surface area contributed by atoms with E-state index in [1.165, 1.54) is 16.7 Å². The number of nitrogens with one attached hydrogen (secondary N) is 1. The van der Waals surface area contributed by atoms with Gasteiger partial charge in [-0.2, -0.15) is 5.10 Å². The Kier molecular flexibility index (Phi) is 2.79. The minimum Gasteiger partial charge on any atom is -0.326 e. The van der Waals surface area contributed by atoms with Crippen molar-refractivity contribution in [1.29, 1.82) is 0 Å². The fourth-order valence-electron chi connectivity index (χ4n) is 1.92. The maximum absolute atomic E-state index is 5.76. The van der Waals surface area contributed by atoms with Crippen molar-refractivity contribution in [3.8, 4) is 11.3 Å². The Hall–Kier alpha value is -1.61. The molecule has 0 fully saturated rings. The summed E-state index contributed by atoms with van der Waals surface area (Å²) in [5, 5.41) is 7.36. The van der Waals surface area contributed by atoms with Gasteiger partial charge in [0.05, 0.1) is 5.69 Å². The topological polar surface area (TPSA) is 54.7 Å². The molecule has 0 atom stereocenters. The number of aromatic amines is 1. The molecule has 84 valence electrons. The van der Waals surface area contributed by atoms with E-state index < -0.39 is 0 Å². The van der Waals surface area contributed by atoms with E-state index in [-0.39, 0.29) is 0 Å². The monoisotopic (exact) mass is 215 g/mol. The molecule has 0 bridgehead atoms. The van der Waals surface area contributed by atoms with Crippen molar-refractivity contribution in [1.82, 2.24) is 10.2 Å². The second-order valence-corrected chi connectivity index (χ2v) is 4.20. The summed E-state index contributed by atoms with van der Waals surface area (Å²) in [7, 11) is 0. The van der Waals surface area contributed by atoms with E-state index in [0.717, 1.165) is 17.0 Å². The number of benzene rings is 1. The van der Waals surface area contributed by atoms with Crippen LogP contribution in [-0.2, 0) is 6.54 Å². The maximum atomic E-state index is 5.76. The first-order valence-corrected chi connectivity index (χ1v) is 5.45. The number of rotatable bonds is 2. The summed E-state index contributed by atoms with van der Waals surface area (Å²) < 4.78 is 0. The zero-order valence-electron chi connectivity index (χ0n) is 9.96. The molecule has 0 radical (unpaired) electrons. The molecule has 0 aliphatic rings. The van der Waals surface area contributed by atoms with Crippen LogP contribution in [0.15, 0.2) is 18.2 Å². The average Bonchev–Trinajstić information content (AvgIpc) is 2.63. The summed E-state index contributed by atoms with van der Waals surface area (Å²) >= 11 is 0. The standard InChI is InChI=1S/C13H17N3/c1-8-4-5-9(2)11(6-8)13-12(7-14)10(3)15-16-13/h4-6H,7,14H2,1-3H3,(H,15,16). The molecule has 0 aliphatic carbocycles. The van der Waals surface area contributed by atoms with Crippen LogP contribution < -0.4 is 5.73 Å². The Morgan fingerprint density at radius 1 is 1.25 bits per heavy atom. The minimum absolute atomic E-state index is 0.519. The lowest BCUT2D eigenvalue weighted by atomic mass is 9.99. The number of nitrogens with zero attached hydrogens (tertiary/aromatic N) is 1. The fourth-order valence-corrected chi connectivity index (χ4v) is 1.92. The Morgan fingerprint density at radius 2 is 2.00 bits per heavy atom. The number of aromatic nitrogens is 2. The molecular weight excluding hydrogens is 198 g/mol. The lowest BCUT2D eigenvalue weighted by Crippen LogP contribution is -1.99. The first kappa shape index (κ1) is 10.9. The minimum atomic E-state index is 0.519. The molecule has 1 heterocycles. The van der Waals surface area contributed by atoms with Crippen LogP contribution in [0.2, 0.25) is 0 Å². The third-order valence-corrected chi connectivity index (χ3v) is 2.93. The van der Waals surface area contributed by atoms with Gasteiger partial charge in [0.15, 0.2) is 0 Å². The highest BCUT2D eigenvalue weighted by Gasteiger charge is 2.12. The van der Waals surface area contributed by atoms with Gasteiger partial charge in [0.1, 0.15) is 0 Å². The first-order chi connectivity index (χ1) is 7.63. The molecule has 0 saturated carbocycles. The van der Waals surface area contributed by atoms with Crippen LogP contribution in [0.1, 0.15) is 22.4 Å². The Labute approximate surface area is 95.7 Å². The number of aryl methyl sites for hydroxylation is 3. The largest absolute Gasteiger partial charge is 0.326 e. The molecule has 3 nitrogen and oxygen atoms in total. The van der Waals surface area contributed by atoms with Crippen molar-refractivity contribution >= 4 is 0 Å². The van der Waals surface area contributed by atoms with Crippen molar-refractivity contribution in [2.24, 2.45) is 5.73 Å². The van der Waals surface area contributed by atoms with Gasteiger partial charge in [-0.05, 0) is 32.4 Å². The summed E-state index contributed by atoms with van der Waals surface area (Å²) in [6.07, 6.45) is 0. The molecule has 0 saturated heterocycles. The highest BCUT2D eigenvalue weighted by atomic mass is 15.1. The zero-order valence-corrected chi connectivity index (χ0v) is 9.96. The van der Waals surface area contributed by atoms with Gasteiger partial charge in [0.2, 0.25) is 0 Å². The van der Waals surface area contributed by atoms with E-state index in [2.05, 4.69) is 42.2 Å². The summed E-state index contributed by atoms with van der Waals surface area (Å²) in [5.74, 6) is 0. The van der Waals surface area contributed by atoms with Crippen LogP contribution in [0.3, 0.4) is 0 Å². The predicted octanol–water partition coefficient (Wildman–Crippen LogP) is 2.46. The lowest BCUT2D eigenvalue weighted by Gasteiger charge is -2.06. The molecule has 2 aromatic rings. The Bertz CT molecular complexity index is 512. The second kappa shape index (κ2) is 4.10. The van der Waals surface area contributed by atoms with E-state index in [9.17, 15) is 0 Å². The normalized spacial score (nSPS) is 10.8. The van der Waals surface area contributed by atoms with Crippen LogP contribution in [0.25, 0.3) is 11.3 Å². The molecule has 2 rings (SSSR count). The van der Waals surface area contributed by atoms with Gasteiger partial charge in [-0.1, -0.05) is 17.7 Å². The van der Waals surface area contributed by atoms with Crippen LogP contribution in [-0.4, -0.2) is 10.2 Å². The quantitative estimate of drug-likeness (QED) is 0.808. The Balaban J connectivity index is 2.62. The molecular formula is C13H17N3. The molecule has 0 spiro atoms. The van der Waals surface area contributed by atoms with Crippen LogP contribution >= 0.6 is 0 Å². The zero-order chi connectivity index (χ0) is 11.7. The SMILES string of the molecule is Cc1ccc(C)c(-c2n[nH]c(C)c2CN)c1. The predicted molar refractivity (Wildman–Crippen MR) is 66.1 cm³/mol. The van der Waals surface area contributed by atoms with Crippen molar-refractivity contribution in [2.75, 3.05) is 0 Å². The van der Waals surface area contributed by atoms with E-state index in [1.54, 1.807) is 0 Å². The van der Waals surface area contributed by atoms with Crippen molar-refractivity contribution in [2.45, 2.75) is 27.3 Å². The number of H-pyrrole nitrogens is 1. The van der Waals surface area contributed by atoms with Crippen molar-refractivity contribution < 1.29 is 0 Å².